The monoisotopic (exact) mass is 272 g/mol. The number of fused-ring (bicyclic) bond motifs is 1. The van der Waals surface area contributed by atoms with Crippen molar-refractivity contribution < 1.29 is 4.79 Å². The summed E-state index contributed by atoms with van der Waals surface area (Å²) in [7, 11) is 0. The summed E-state index contributed by atoms with van der Waals surface area (Å²) in [5, 5.41) is 0. The fourth-order valence-electron chi connectivity index (χ4n) is 3.89. The van der Waals surface area contributed by atoms with Crippen molar-refractivity contribution in [2.75, 3.05) is 6.54 Å². The van der Waals surface area contributed by atoms with Gasteiger partial charge in [-0.1, -0.05) is 36.8 Å². The molecule has 2 fully saturated rings. The summed E-state index contributed by atoms with van der Waals surface area (Å²) in [6.45, 7) is 0.932. The van der Waals surface area contributed by atoms with E-state index in [0.29, 0.717) is 12.5 Å². The van der Waals surface area contributed by atoms with Crippen molar-refractivity contribution in [1.29, 1.82) is 0 Å². The molecule has 0 bridgehead atoms. The van der Waals surface area contributed by atoms with Gasteiger partial charge in [0.05, 0.1) is 0 Å². The molecule has 108 valence electrons. The summed E-state index contributed by atoms with van der Waals surface area (Å²) in [4.78, 5) is 14.7. The predicted octanol–water partition coefficient (Wildman–Crippen LogP) is 2.87. The van der Waals surface area contributed by atoms with E-state index in [2.05, 4.69) is 4.90 Å². The Kier molecular flexibility index (Phi) is 4.06. The minimum absolute atomic E-state index is 0.175. The third kappa shape index (κ3) is 2.73. The number of likely N-dealkylation sites (tertiary alicyclic amines) is 1. The molecule has 0 aromatic heterocycles. The van der Waals surface area contributed by atoms with E-state index in [0.717, 1.165) is 24.4 Å². The Labute approximate surface area is 121 Å². The van der Waals surface area contributed by atoms with E-state index in [4.69, 9.17) is 5.73 Å². The highest BCUT2D eigenvalue weighted by Crippen LogP contribution is 2.37. The summed E-state index contributed by atoms with van der Waals surface area (Å²) in [5.74, 6) is 0.999. The molecule has 2 aliphatic rings. The molecule has 2 N–H and O–H groups in total. The minimum atomic E-state index is -0.175. The lowest BCUT2D eigenvalue weighted by Crippen LogP contribution is -2.46. The quantitative estimate of drug-likeness (QED) is 0.919. The lowest BCUT2D eigenvalue weighted by atomic mass is 9.91. The number of piperidine rings is 1. The van der Waals surface area contributed by atoms with Crippen LogP contribution in [0.4, 0.5) is 0 Å². The van der Waals surface area contributed by atoms with Gasteiger partial charge in [0.1, 0.15) is 0 Å². The Balaban J connectivity index is 1.64. The Morgan fingerprint density at radius 1 is 1.20 bits per heavy atom. The van der Waals surface area contributed by atoms with Crippen LogP contribution < -0.4 is 5.73 Å². The number of nitrogens with zero attached hydrogens (tertiary/aromatic N) is 1. The number of rotatable bonds is 3. The van der Waals surface area contributed by atoms with Gasteiger partial charge in [-0.3, -0.25) is 4.79 Å². The topological polar surface area (TPSA) is 46.3 Å². The minimum Gasteiger partial charge on any atom is -0.339 e. The van der Waals surface area contributed by atoms with Crippen LogP contribution in [0.2, 0.25) is 0 Å². The first-order chi connectivity index (χ1) is 9.75. The Morgan fingerprint density at radius 2 is 1.95 bits per heavy atom. The number of hydrogen-bond donors (Lipinski definition) is 1. The molecule has 1 aliphatic carbocycles. The zero-order valence-electron chi connectivity index (χ0n) is 12.0. The van der Waals surface area contributed by atoms with Crippen LogP contribution in [0.1, 0.15) is 50.1 Å². The maximum absolute atomic E-state index is 12.6. The Bertz CT molecular complexity index is 459. The Hall–Kier alpha value is -1.35. The summed E-state index contributed by atoms with van der Waals surface area (Å²) in [6.07, 6.45) is 6.68. The van der Waals surface area contributed by atoms with E-state index in [1.807, 2.05) is 30.3 Å². The molecular formula is C17H24N2O. The van der Waals surface area contributed by atoms with Gasteiger partial charge < -0.3 is 10.6 Å². The van der Waals surface area contributed by atoms with Crippen LogP contribution in [-0.2, 0) is 4.79 Å². The van der Waals surface area contributed by atoms with Crippen molar-refractivity contribution in [3.05, 3.63) is 35.9 Å². The van der Waals surface area contributed by atoms with E-state index < -0.39 is 0 Å². The molecule has 3 nitrogen and oxygen atoms in total. The number of nitrogens with two attached hydrogens (primary N) is 1. The van der Waals surface area contributed by atoms with Crippen molar-refractivity contribution >= 4 is 5.91 Å². The molecule has 1 aromatic rings. The average Bonchev–Trinajstić information content (AvgIpc) is 2.96. The van der Waals surface area contributed by atoms with Crippen molar-refractivity contribution in [2.24, 2.45) is 11.7 Å². The second-order valence-corrected chi connectivity index (χ2v) is 6.21. The SMILES string of the molecule is NC(CC(=O)N1CCCC2CCCC21)c1ccccc1. The van der Waals surface area contributed by atoms with Crippen LogP contribution in [0, 0.1) is 5.92 Å². The van der Waals surface area contributed by atoms with Gasteiger partial charge in [-0.05, 0) is 37.2 Å². The maximum atomic E-state index is 12.6. The van der Waals surface area contributed by atoms with Crippen molar-refractivity contribution in [1.82, 2.24) is 4.90 Å². The molecule has 3 unspecified atom stereocenters. The molecule has 3 atom stereocenters. The van der Waals surface area contributed by atoms with Gasteiger partial charge in [-0.15, -0.1) is 0 Å². The molecule has 20 heavy (non-hydrogen) atoms. The smallest absolute Gasteiger partial charge is 0.224 e. The van der Waals surface area contributed by atoms with Crippen molar-refractivity contribution in [2.45, 2.75) is 50.6 Å². The molecule has 1 aromatic carbocycles. The van der Waals surface area contributed by atoms with Gasteiger partial charge in [0.25, 0.3) is 0 Å². The highest BCUT2D eigenvalue weighted by molar-refractivity contribution is 5.77. The molecule has 1 aliphatic heterocycles. The van der Waals surface area contributed by atoms with Gasteiger partial charge in [0.15, 0.2) is 0 Å². The zero-order chi connectivity index (χ0) is 13.9. The highest BCUT2D eigenvalue weighted by Gasteiger charge is 2.37. The maximum Gasteiger partial charge on any atom is 0.224 e. The molecule has 1 amide bonds. The second-order valence-electron chi connectivity index (χ2n) is 6.21. The third-order valence-electron chi connectivity index (χ3n) is 4.94. The molecule has 3 heteroatoms. The molecule has 1 saturated carbocycles. The molecule has 1 heterocycles. The summed E-state index contributed by atoms with van der Waals surface area (Å²) < 4.78 is 0. The van der Waals surface area contributed by atoms with Crippen LogP contribution in [0.3, 0.4) is 0 Å². The van der Waals surface area contributed by atoms with Crippen molar-refractivity contribution in [3.63, 3.8) is 0 Å². The summed E-state index contributed by atoms with van der Waals surface area (Å²) in [5.41, 5.74) is 7.25. The van der Waals surface area contributed by atoms with E-state index in [1.54, 1.807) is 0 Å². The van der Waals surface area contributed by atoms with Crippen LogP contribution in [0.5, 0.6) is 0 Å². The van der Waals surface area contributed by atoms with Crippen LogP contribution in [0.25, 0.3) is 0 Å². The van der Waals surface area contributed by atoms with Crippen LogP contribution >= 0.6 is 0 Å². The van der Waals surface area contributed by atoms with E-state index in [1.165, 1.54) is 25.7 Å². The van der Waals surface area contributed by atoms with Crippen LogP contribution in [-0.4, -0.2) is 23.4 Å². The normalized spacial score (nSPS) is 27.1. The highest BCUT2D eigenvalue weighted by atomic mass is 16.2. The molecule has 1 saturated heterocycles. The molecule has 0 radical (unpaired) electrons. The fraction of sp³-hybridized carbons (Fsp3) is 0.588. The lowest BCUT2D eigenvalue weighted by molar-refractivity contribution is -0.136. The van der Waals surface area contributed by atoms with Gasteiger partial charge >= 0.3 is 0 Å². The van der Waals surface area contributed by atoms with Gasteiger partial charge in [-0.25, -0.2) is 0 Å². The lowest BCUT2D eigenvalue weighted by Gasteiger charge is -2.38. The number of amides is 1. The van der Waals surface area contributed by atoms with Gasteiger partial charge in [0.2, 0.25) is 5.91 Å². The molecule has 3 rings (SSSR count). The Morgan fingerprint density at radius 3 is 2.75 bits per heavy atom. The van der Waals surface area contributed by atoms with E-state index in [-0.39, 0.29) is 11.9 Å². The molecule has 0 spiro atoms. The standard InChI is InChI=1S/C17H24N2O/c18-15(13-6-2-1-3-7-13)12-17(20)19-11-5-9-14-8-4-10-16(14)19/h1-3,6-7,14-16H,4-5,8-12,18H2. The first kappa shape index (κ1) is 13.6. The molecular weight excluding hydrogens is 248 g/mol. The summed E-state index contributed by atoms with van der Waals surface area (Å²) in [6, 6.07) is 10.3. The fourth-order valence-corrected chi connectivity index (χ4v) is 3.89. The largest absolute Gasteiger partial charge is 0.339 e. The van der Waals surface area contributed by atoms with E-state index >= 15 is 0 Å². The average molecular weight is 272 g/mol. The van der Waals surface area contributed by atoms with Gasteiger partial charge in [0, 0.05) is 25.0 Å². The summed E-state index contributed by atoms with van der Waals surface area (Å²) >= 11 is 0. The number of carbonyl (C=O) groups is 1. The number of carbonyl (C=O) groups excluding carboxylic acids is 1. The first-order valence-corrected chi connectivity index (χ1v) is 7.85. The number of benzene rings is 1. The number of hydrogen-bond acceptors (Lipinski definition) is 2. The third-order valence-corrected chi connectivity index (χ3v) is 4.94. The predicted molar refractivity (Wildman–Crippen MR) is 80.1 cm³/mol. The zero-order valence-corrected chi connectivity index (χ0v) is 12.0. The van der Waals surface area contributed by atoms with Crippen molar-refractivity contribution in [3.8, 4) is 0 Å². The second kappa shape index (κ2) is 5.96. The van der Waals surface area contributed by atoms with Gasteiger partial charge in [-0.2, -0.15) is 0 Å². The first-order valence-electron chi connectivity index (χ1n) is 7.85. The van der Waals surface area contributed by atoms with E-state index in [9.17, 15) is 4.79 Å². The van der Waals surface area contributed by atoms with Crippen LogP contribution in [0.15, 0.2) is 30.3 Å².